The molecule has 0 saturated carbocycles. The molecule has 1 heterocycles. The van der Waals surface area contributed by atoms with E-state index >= 15 is 0 Å². The van der Waals surface area contributed by atoms with Gasteiger partial charge in [-0.1, -0.05) is 38.7 Å². The van der Waals surface area contributed by atoms with Gasteiger partial charge in [0.05, 0.1) is 0 Å². The van der Waals surface area contributed by atoms with E-state index in [1.165, 1.54) is 18.4 Å². The lowest BCUT2D eigenvalue weighted by molar-refractivity contribution is -0.137. The van der Waals surface area contributed by atoms with Crippen LogP contribution in [-0.4, -0.2) is 16.1 Å². The van der Waals surface area contributed by atoms with Crippen molar-refractivity contribution in [3.63, 3.8) is 0 Å². The summed E-state index contributed by atoms with van der Waals surface area (Å²) in [5, 5.41) is 8.78. The Morgan fingerprint density at radius 1 is 1.32 bits per heavy atom. The summed E-state index contributed by atoms with van der Waals surface area (Å²) in [6.07, 6.45) is 11.7. The van der Waals surface area contributed by atoms with Crippen molar-refractivity contribution in [2.24, 2.45) is 5.92 Å². The number of hydrogen-bond donors (Lipinski definition) is 1. The van der Waals surface area contributed by atoms with Gasteiger partial charge in [-0.2, -0.15) is 0 Å². The van der Waals surface area contributed by atoms with E-state index in [9.17, 15) is 4.79 Å². The fraction of sp³-hybridized carbons (Fsp3) is 0.625. The third-order valence-corrected chi connectivity index (χ3v) is 3.53. The van der Waals surface area contributed by atoms with Gasteiger partial charge in [0.25, 0.3) is 0 Å². The Kier molecular flexibility index (Phi) is 7.87. The highest BCUT2D eigenvalue weighted by molar-refractivity contribution is 5.66. The van der Waals surface area contributed by atoms with Crippen molar-refractivity contribution in [2.75, 3.05) is 0 Å². The van der Waals surface area contributed by atoms with Crippen LogP contribution in [0.1, 0.15) is 57.4 Å². The molecule has 1 unspecified atom stereocenters. The van der Waals surface area contributed by atoms with E-state index in [1.807, 2.05) is 12.3 Å². The highest BCUT2D eigenvalue weighted by Crippen LogP contribution is 2.21. The Labute approximate surface area is 116 Å². The Balaban J connectivity index is 2.28. The minimum atomic E-state index is -0.672. The highest BCUT2D eigenvalue weighted by atomic mass is 16.4. The third-order valence-electron chi connectivity index (χ3n) is 3.53. The van der Waals surface area contributed by atoms with E-state index in [-0.39, 0.29) is 0 Å². The molecule has 0 aliphatic rings. The Morgan fingerprint density at radius 2 is 2.11 bits per heavy atom. The highest BCUT2D eigenvalue weighted by Gasteiger charge is 2.10. The molecule has 0 aromatic carbocycles. The predicted octanol–water partition coefficient (Wildman–Crippen LogP) is 4.08. The molecule has 1 rings (SSSR count). The summed E-state index contributed by atoms with van der Waals surface area (Å²) < 4.78 is 0. The second kappa shape index (κ2) is 9.54. The fourth-order valence-corrected chi connectivity index (χ4v) is 2.39. The number of aromatic nitrogens is 1. The fourth-order valence-electron chi connectivity index (χ4n) is 2.39. The van der Waals surface area contributed by atoms with Crippen molar-refractivity contribution in [3.05, 3.63) is 30.1 Å². The minimum absolute atomic E-state index is 0.307. The van der Waals surface area contributed by atoms with Gasteiger partial charge < -0.3 is 5.11 Å². The summed E-state index contributed by atoms with van der Waals surface area (Å²) >= 11 is 0. The van der Waals surface area contributed by atoms with Crippen LogP contribution in [-0.2, 0) is 11.2 Å². The van der Waals surface area contributed by atoms with Crippen LogP contribution in [0.4, 0.5) is 0 Å². The number of carboxylic acids is 1. The number of pyridine rings is 1. The van der Waals surface area contributed by atoms with Crippen molar-refractivity contribution in [3.8, 4) is 0 Å². The van der Waals surface area contributed by atoms with Gasteiger partial charge in [-0.05, 0) is 36.8 Å². The van der Waals surface area contributed by atoms with Crippen molar-refractivity contribution >= 4 is 5.97 Å². The molecule has 0 amide bonds. The molecule has 19 heavy (non-hydrogen) atoms. The first-order valence-corrected chi connectivity index (χ1v) is 7.33. The molecule has 0 aliphatic carbocycles. The van der Waals surface area contributed by atoms with E-state index in [4.69, 9.17) is 5.11 Å². The lowest BCUT2D eigenvalue weighted by Gasteiger charge is -2.15. The molecule has 1 aromatic rings. The molecule has 0 aliphatic heterocycles. The summed E-state index contributed by atoms with van der Waals surface area (Å²) in [4.78, 5) is 14.8. The molecule has 1 aromatic heterocycles. The van der Waals surface area contributed by atoms with Crippen LogP contribution in [0.2, 0.25) is 0 Å². The first-order valence-electron chi connectivity index (χ1n) is 7.33. The van der Waals surface area contributed by atoms with Gasteiger partial charge in [0.1, 0.15) is 0 Å². The van der Waals surface area contributed by atoms with Gasteiger partial charge in [-0.15, -0.1) is 0 Å². The van der Waals surface area contributed by atoms with Gasteiger partial charge >= 0.3 is 5.97 Å². The number of nitrogens with zero attached hydrogens (tertiary/aromatic N) is 1. The lowest BCUT2D eigenvalue weighted by atomic mass is 9.91. The van der Waals surface area contributed by atoms with Crippen molar-refractivity contribution in [2.45, 2.75) is 58.3 Å². The summed E-state index contributed by atoms with van der Waals surface area (Å²) in [7, 11) is 0. The Hall–Kier alpha value is -1.38. The van der Waals surface area contributed by atoms with E-state index in [0.717, 1.165) is 32.1 Å². The summed E-state index contributed by atoms with van der Waals surface area (Å²) in [5.74, 6) is -0.110. The maximum absolute atomic E-state index is 10.7. The first-order chi connectivity index (χ1) is 9.22. The molecule has 0 bridgehead atoms. The van der Waals surface area contributed by atoms with Crippen LogP contribution in [0.15, 0.2) is 24.5 Å². The zero-order valence-corrected chi connectivity index (χ0v) is 11.8. The van der Waals surface area contributed by atoms with Gasteiger partial charge in [-0.3, -0.25) is 9.78 Å². The number of carbonyl (C=O) groups is 1. The van der Waals surface area contributed by atoms with Crippen LogP contribution in [0, 0.1) is 5.92 Å². The lowest BCUT2D eigenvalue weighted by Crippen LogP contribution is -2.05. The smallest absolute Gasteiger partial charge is 0.303 e. The molecule has 3 nitrogen and oxygen atoms in total. The monoisotopic (exact) mass is 263 g/mol. The van der Waals surface area contributed by atoms with Crippen LogP contribution < -0.4 is 0 Å². The predicted molar refractivity (Wildman–Crippen MR) is 77.1 cm³/mol. The van der Waals surface area contributed by atoms with E-state index in [1.54, 1.807) is 6.20 Å². The molecule has 106 valence electrons. The van der Waals surface area contributed by atoms with E-state index in [0.29, 0.717) is 12.3 Å². The number of aryl methyl sites for hydroxylation is 1. The van der Waals surface area contributed by atoms with Gasteiger partial charge in [0.15, 0.2) is 0 Å². The van der Waals surface area contributed by atoms with Crippen molar-refractivity contribution in [1.82, 2.24) is 4.98 Å². The Morgan fingerprint density at radius 3 is 2.74 bits per heavy atom. The molecular weight excluding hydrogens is 238 g/mol. The van der Waals surface area contributed by atoms with E-state index in [2.05, 4.69) is 18.0 Å². The molecule has 0 radical (unpaired) electrons. The van der Waals surface area contributed by atoms with Gasteiger partial charge in [0, 0.05) is 18.8 Å². The number of unbranched alkanes of at least 4 members (excludes halogenated alkanes) is 1. The normalized spacial score (nSPS) is 12.3. The largest absolute Gasteiger partial charge is 0.481 e. The van der Waals surface area contributed by atoms with E-state index < -0.39 is 5.97 Å². The number of aliphatic carboxylic acids is 1. The standard InChI is InChI=1S/C16H25NO2/c1-2-3-6-14(10-11-16(18)19)7-4-8-15-9-5-12-17-13-15/h5,9,12-14H,2-4,6-8,10-11H2,1H3,(H,18,19). The maximum atomic E-state index is 10.7. The molecular formula is C16H25NO2. The van der Waals surface area contributed by atoms with Crippen molar-refractivity contribution in [1.29, 1.82) is 0 Å². The first kappa shape index (κ1) is 15.7. The van der Waals surface area contributed by atoms with Gasteiger partial charge in [-0.25, -0.2) is 0 Å². The van der Waals surface area contributed by atoms with Crippen LogP contribution in [0.25, 0.3) is 0 Å². The SMILES string of the molecule is CCCCC(CCCc1cccnc1)CCC(=O)O. The van der Waals surface area contributed by atoms with Crippen molar-refractivity contribution < 1.29 is 9.90 Å². The van der Waals surface area contributed by atoms with Gasteiger partial charge in [0.2, 0.25) is 0 Å². The third kappa shape index (κ3) is 7.60. The number of rotatable bonds is 10. The Bertz CT molecular complexity index is 351. The van der Waals surface area contributed by atoms with Crippen LogP contribution >= 0.6 is 0 Å². The zero-order chi connectivity index (χ0) is 13.9. The van der Waals surface area contributed by atoms with Crippen LogP contribution in [0.5, 0.6) is 0 Å². The number of hydrogen-bond acceptors (Lipinski definition) is 2. The minimum Gasteiger partial charge on any atom is -0.481 e. The average molecular weight is 263 g/mol. The molecule has 0 saturated heterocycles. The molecule has 1 atom stereocenters. The summed E-state index contributed by atoms with van der Waals surface area (Å²) in [5.41, 5.74) is 1.27. The zero-order valence-electron chi connectivity index (χ0n) is 11.8. The molecule has 3 heteroatoms. The molecule has 0 fully saturated rings. The summed E-state index contributed by atoms with van der Waals surface area (Å²) in [6, 6.07) is 4.07. The molecule has 0 spiro atoms. The van der Waals surface area contributed by atoms with Crippen LogP contribution in [0.3, 0.4) is 0 Å². The number of carboxylic acid groups (broad SMARTS) is 1. The maximum Gasteiger partial charge on any atom is 0.303 e. The summed E-state index contributed by atoms with van der Waals surface area (Å²) in [6.45, 7) is 2.18. The molecule has 1 N–H and O–H groups in total. The quantitative estimate of drug-likeness (QED) is 0.692. The second-order valence-electron chi connectivity index (χ2n) is 5.19. The average Bonchev–Trinajstić information content (AvgIpc) is 2.42. The second-order valence-corrected chi connectivity index (χ2v) is 5.19. The topological polar surface area (TPSA) is 50.2 Å².